The predicted octanol–water partition coefficient (Wildman–Crippen LogP) is 1.49. The van der Waals surface area contributed by atoms with Crippen LogP contribution < -0.4 is 0 Å². The van der Waals surface area contributed by atoms with E-state index in [2.05, 4.69) is 14.7 Å². The molecule has 0 radical (unpaired) electrons. The number of para-hydroxylation sites is 1. The van der Waals surface area contributed by atoms with E-state index in [1.807, 2.05) is 0 Å². The predicted molar refractivity (Wildman–Crippen MR) is 47.4 cm³/mol. The third-order valence-electron chi connectivity index (χ3n) is 1.89. The number of carbonyl (C=O) groups is 1. The molecule has 0 saturated carbocycles. The van der Waals surface area contributed by atoms with E-state index in [9.17, 15) is 9.18 Å². The number of imidazole rings is 1. The number of aromatic amines is 1. The SMILES string of the molecule is COC(=O)c1cccc2[nH]c(F)nc12. The molecular weight excluding hydrogens is 187 g/mol. The minimum absolute atomic E-state index is 0.255. The third-order valence-corrected chi connectivity index (χ3v) is 1.89. The van der Waals surface area contributed by atoms with Crippen molar-refractivity contribution in [3.8, 4) is 0 Å². The van der Waals surface area contributed by atoms with Gasteiger partial charge in [0.25, 0.3) is 6.08 Å². The number of methoxy groups -OCH3 is 1. The Hall–Kier alpha value is -1.91. The molecule has 5 heteroatoms. The van der Waals surface area contributed by atoms with Gasteiger partial charge in [0.15, 0.2) is 0 Å². The standard InChI is InChI=1S/C9H7FN2O2/c1-14-8(13)5-3-2-4-6-7(5)12-9(10)11-6/h2-4H,1H3,(H,11,12). The quantitative estimate of drug-likeness (QED) is 0.699. The van der Waals surface area contributed by atoms with Gasteiger partial charge in [0.05, 0.1) is 18.2 Å². The average Bonchev–Trinajstić information content (AvgIpc) is 2.56. The van der Waals surface area contributed by atoms with Crippen LogP contribution in [0.5, 0.6) is 0 Å². The number of hydrogen-bond acceptors (Lipinski definition) is 3. The first-order valence-electron chi connectivity index (χ1n) is 3.95. The summed E-state index contributed by atoms with van der Waals surface area (Å²) in [6.07, 6.45) is -0.712. The molecule has 0 saturated heterocycles. The highest BCUT2D eigenvalue weighted by atomic mass is 19.1. The van der Waals surface area contributed by atoms with Gasteiger partial charge < -0.3 is 9.72 Å². The fourth-order valence-corrected chi connectivity index (χ4v) is 1.28. The van der Waals surface area contributed by atoms with Crippen molar-refractivity contribution >= 4 is 17.0 Å². The van der Waals surface area contributed by atoms with Gasteiger partial charge in [0.2, 0.25) is 0 Å². The van der Waals surface area contributed by atoms with E-state index in [1.165, 1.54) is 13.2 Å². The van der Waals surface area contributed by atoms with Crippen LogP contribution in [-0.4, -0.2) is 23.0 Å². The molecular formula is C9H7FN2O2. The first kappa shape index (κ1) is 8.68. The number of H-pyrrole nitrogens is 1. The Kier molecular flexibility index (Phi) is 1.92. The van der Waals surface area contributed by atoms with E-state index in [4.69, 9.17) is 0 Å². The topological polar surface area (TPSA) is 55.0 Å². The lowest BCUT2D eigenvalue weighted by atomic mass is 10.2. The summed E-state index contributed by atoms with van der Waals surface area (Å²) in [6.45, 7) is 0. The Morgan fingerprint density at radius 3 is 3.07 bits per heavy atom. The summed E-state index contributed by atoms with van der Waals surface area (Å²) < 4.78 is 17.3. The first-order chi connectivity index (χ1) is 6.72. The Bertz CT molecular complexity index is 493. The van der Waals surface area contributed by atoms with E-state index in [1.54, 1.807) is 12.1 Å². The number of nitrogens with one attached hydrogen (secondary N) is 1. The van der Waals surface area contributed by atoms with Crippen molar-refractivity contribution in [1.29, 1.82) is 0 Å². The van der Waals surface area contributed by atoms with E-state index in [-0.39, 0.29) is 11.1 Å². The van der Waals surface area contributed by atoms with Gasteiger partial charge in [0.1, 0.15) is 5.52 Å². The number of halogens is 1. The van der Waals surface area contributed by atoms with Crippen LogP contribution in [0.15, 0.2) is 18.2 Å². The Morgan fingerprint density at radius 2 is 2.36 bits per heavy atom. The maximum atomic E-state index is 12.8. The molecule has 4 nitrogen and oxygen atoms in total. The number of carbonyl (C=O) groups excluding carboxylic acids is 1. The second-order valence-electron chi connectivity index (χ2n) is 2.72. The van der Waals surface area contributed by atoms with Crippen molar-refractivity contribution in [1.82, 2.24) is 9.97 Å². The van der Waals surface area contributed by atoms with Crippen LogP contribution in [0.3, 0.4) is 0 Å². The van der Waals surface area contributed by atoms with E-state index >= 15 is 0 Å². The molecule has 1 aromatic carbocycles. The Morgan fingerprint density at radius 1 is 1.57 bits per heavy atom. The van der Waals surface area contributed by atoms with Crippen LogP contribution in [0.1, 0.15) is 10.4 Å². The number of rotatable bonds is 1. The fourth-order valence-electron chi connectivity index (χ4n) is 1.28. The van der Waals surface area contributed by atoms with Gasteiger partial charge >= 0.3 is 5.97 Å². The summed E-state index contributed by atoms with van der Waals surface area (Å²) in [6, 6.07) is 4.80. The van der Waals surface area contributed by atoms with E-state index in [0.29, 0.717) is 5.52 Å². The van der Waals surface area contributed by atoms with Crippen molar-refractivity contribution in [2.75, 3.05) is 7.11 Å². The zero-order valence-corrected chi connectivity index (χ0v) is 7.37. The van der Waals surface area contributed by atoms with Crippen molar-refractivity contribution in [2.24, 2.45) is 0 Å². The van der Waals surface area contributed by atoms with Gasteiger partial charge in [-0.2, -0.15) is 4.39 Å². The van der Waals surface area contributed by atoms with Crippen LogP contribution in [-0.2, 0) is 4.74 Å². The maximum absolute atomic E-state index is 12.8. The Balaban J connectivity index is 2.70. The molecule has 0 amide bonds. The van der Waals surface area contributed by atoms with Crippen molar-refractivity contribution < 1.29 is 13.9 Å². The molecule has 0 unspecified atom stereocenters. The van der Waals surface area contributed by atoms with Crippen molar-refractivity contribution in [2.45, 2.75) is 0 Å². The molecule has 1 N–H and O–H groups in total. The molecule has 2 rings (SSSR count). The smallest absolute Gasteiger partial charge is 0.340 e. The molecule has 0 atom stereocenters. The minimum Gasteiger partial charge on any atom is -0.465 e. The van der Waals surface area contributed by atoms with Crippen molar-refractivity contribution in [3.63, 3.8) is 0 Å². The number of nitrogens with zero attached hydrogens (tertiary/aromatic N) is 1. The second-order valence-corrected chi connectivity index (χ2v) is 2.72. The zero-order chi connectivity index (χ0) is 10.1. The number of aromatic nitrogens is 2. The lowest BCUT2D eigenvalue weighted by Crippen LogP contribution is -2.01. The highest BCUT2D eigenvalue weighted by molar-refractivity contribution is 6.01. The number of ether oxygens (including phenoxy) is 1. The summed E-state index contributed by atoms with van der Waals surface area (Å²) in [4.78, 5) is 17.2. The number of benzene rings is 1. The number of fused-ring (bicyclic) bond motifs is 1. The molecule has 72 valence electrons. The molecule has 14 heavy (non-hydrogen) atoms. The lowest BCUT2D eigenvalue weighted by Gasteiger charge is -1.98. The average molecular weight is 194 g/mol. The lowest BCUT2D eigenvalue weighted by molar-refractivity contribution is 0.0603. The molecule has 1 heterocycles. The largest absolute Gasteiger partial charge is 0.465 e. The summed E-state index contributed by atoms with van der Waals surface area (Å²) in [5.41, 5.74) is 1.02. The Labute approximate surface area is 78.7 Å². The number of hydrogen-bond donors (Lipinski definition) is 1. The first-order valence-corrected chi connectivity index (χ1v) is 3.95. The van der Waals surface area contributed by atoms with Crippen molar-refractivity contribution in [3.05, 3.63) is 29.8 Å². The maximum Gasteiger partial charge on any atom is 0.340 e. The van der Waals surface area contributed by atoms with Gasteiger partial charge in [-0.25, -0.2) is 9.78 Å². The van der Waals surface area contributed by atoms with Crippen LogP contribution in [0.4, 0.5) is 4.39 Å². The summed E-state index contributed by atoms with van der Waals surface area (Å²) >= 11 is 0. The summed E-state index contributed by atoms with van der Waals surface area (Å²) in [5, 5.41) is 0. The molecule has 0 fully saturated rings. The molecule has 0 aliphatic rings. The van der Waals surface area contributed by atoms with Gasteiger partial charge in [-0.05, 0) is 12.1 Å². The van der Waals surface area contributed by atoms with Gasteiger partial charge in [-0.15, -0.1) is 0 Å². The van der Waals surface area contributed by atoms with E-state index < -0.39 is 12.0 Å². The van der Waals surface area contributed by atoms with Gasteiger partial charge in [-0.3, -0.25) is 0 Å². The normalized spacial score (nSPS) is 10.4. The van der Waals surface area contributed by atoms with Gasteiger partial charge in [0, 0.05) is 0 Å². The second kappa shape index (κ2) is 3.10. The summed E-state index contributed by atoms with van der Waals surface area (Å²) in [5.74, 6) is -0.526. The monoisotopic (exact) mass is 194 g/mol. The van der Waals surface area contributed by atoms with Gasteiger partial charge in [-0.1, -0.05) is 6.07 Å². The highest BCUT2D eigenvalue weighted by Gasteiger charge is 2.13. The molecule has 0 aliphatic carbocycles. The highest BCUT2D eigenvalue weighted by Crippen LogP contribution is 2.16. The minimum atomic E-state index is -0.712. The summed E-state index contributed by atoms with van der Waals surface area (Å²) in [7, 11) is 1.27. The zero-order valence-electron chi connectivity index (χ0n) is 7.37. The molecule has 0 spiro atoms. The molecule has 2 aromatic rings. The molecule has 0 aliphatic heterocycles. The van der Waals surface area contributed by atoms with E-state index in [0.717, 1.165) is 0 Å². The number of esters is 1. The van der Waals surface area contributed by atoms with Crippen LogP contribution >= 0.6 is 0 Å². The molecule has 1 aromatic heterocycles. The fraction of sp³-hybridized carbons (Fsp3) is 0.111. The van der Waals surface area contributed by atoms with Crippen LogP contribution in [0, 0.1) is 6.08 Å². The third kappa shape index (κ3) is 1.22. The molecule has 0 bridgehead atoms. The van der Waals surface area contributed by atoms with Crippen LogP contribution in [0.25, 0.3) is 11.0 Å². The van der Waals surface area contributed by atoms with Crippen LogP contribution in [0.2, 0.25) is 0 Å².